The lowest BCUT2D eigenvalue weighted by molar-refractivity contribution is -0.135. The molecule has 17 nitrogen and oxygen atoms in total. The number of carbonyl (C=O) groups is 5. The summed E-state index contributed by atoms with van der Waals surface area (Å²) in [6, 6.07) is 9.67. The Morgan fingerprint density at radius 3 is 2.52 bits per heavy atom. The first-order valence-electron chi connectivity index (χ1n) is 21.7. The number of imide groups is 1. The zero-order valence-corrected chi connectivity index (χ0v) is 35.4. The molecule has 0 radical (unpaired) electrons. The number of rotatable bonds is 11. The molecule has 5 amide bonds. The molecule has 0 aliphatic carbocycles. The molecule has 3 aromatic heterocycles. The zero-order valence-electron chi connectivity index (χ0n) is 34.5. The zero-order chi connectivity index (χ0) is 43.2. The van der Waals surface area contributed by atoms with Crippen LogP contribution >= 0.6 is 11.3 Å². The number of nitrogens with zero attached hydrogens (tertiary/aromatic N) is 9. The van der Waals surface area contributed by atoms with Crippen LogP contribution in [0.3, 0.4) is 0 Å². The summed E-state index contributed by atoms with van der Waals surface area (Å²) >= 11 is 1.27. The van der Waals surface area contributed by atoms with Gasteiger partial charge in [0.1, 0.15) is 17.6 Å². The molecule has 0 bridgehead atoms. The number of imidazole rings is 1. The number of benzene rings is 2. The first-order chi connectivity index (χ1) is 30.6. The van der Waals surface area contributed by atoms with Crippen molar-refractivity contribution in [3.63, 3.8) is 0 Å². The molecule has 0 saturated carbocycles. The van der Waals surface area contributed by atoms with Gasteiger partial charge in [-0.3, -0.25) is 39.5 Å². The minimum Gasteiger partial charge on any atom is -0.374 e. The van der Waals surface area contributed by atoms with Crippen LogP contribution in [-0.2, 0) is 38.7 Å². The number of fused-ring (bicyclic) bond motifs is 2. The van der Waals surface area contributed by atoms with Crippen molar-refractivity contribution >= 4 is 51.7 Å². The van der Waals surface area contributed by atoms with Crippen LogP contribution in [0.15, 0.2) is 60.5 Å². The summed E-state index contributed by atoms with van der Waals surface area (Å²) in [6.07, 6.45) is 10.8. The fourth-order valence-electron chi connectivity index (χ4n) is 9.71. The number of hydrogen-bond donors (Lipinski definition) is 3. The highest BCUT2D eigenvalue weighted by molar-refractivity contribution is 7.13. The molecule has 2 aromatic carbocycles. The number of carbonyl (C=O) groups excluding carboxylic acids is 5. The smallest absolute Gasteiger partial charge is 0.255 e. The average Bonchev–Trinajstić information content (AvgIpc) is 4.15. The van der Waals surface area contributed by atoms with Crippen molar-refractivity contribution in [2.75, 3.05) is 43.4 Å². The molecular weight excluding hydrogens is 828 g/mol. The fraction of sp³-hybridized carbons (Fsp3) is 0.432. The van der Waals surface area contributed by atoms with Crippen LogP contribution < -0.4 is 16.0 Å². The van der Waals surface area contributed by atoms with Crippen molar-refractivity contribution in [3.05, 3.63) is 94.4 Å². The van der Waals surface area contributed by atoms with E-state index in [0.29, 0.717) is 73.3 Å². The summed E-state index contributed by atoms with van der Waals surface area (Å²) in [4.78, 5) is 79.3. The standard InChI is InChI=1S/C44H47FN12O5S/c45-33-21-28(20-31-32(33)22-56(43(31)62)40(42(61)50-44-46-13-19-63-44)39-36-2-1-14-55(36)25-47-39)35-23-57(52-51-35)30-11-17-54(18-12-30)38(59)24-53-15-9-27(10-16-53)26-3-5-29(6-4-26)48-34-7-8-37(58)49-41(34)60/h3-6,13,19-21,23,25,27,30,34,40,48H,1-2,7-12,14-18,22,24H2,(H,46,50,61)(H,49,58,60). The van der Waals surface area contributed by atoms with Crippen LogP contribution in [0.5, 0.6) is 0 Å². The number of amides is 5. The first-order valence-corrected chi connectivity index (χ1v) is 22.5. The molecule has 2 unspecified atom stereocenters. The molecule has 3 N–H and O–H groups in total. The van der Waals surface area contributed by atoms with E-state index < -0.39 is 29.7 Å². The first kappa shape index (κ1) is 40.7. The number of anilines is 2. The predicted octanol–water partition coefficient (Wildman–Crippen LogP) is 4.28. The monoisotopic (exact) mass is 874 g/mol. The number of halogens is 1. The maximum Gasteiger partial charge on any atom is 0.255 e. The molecule has 8 heterocycles. The molecular formula is C44H47FN12O5S. The molecule has 5 aromatic rings. The molecule has 5 aliphatic heterocycles. The van der Waals surface area contributed by atoms with E-state index >= 15 is 4.39 Å². The number of aryl methyl sites for hydroxylation is 1. The highest BCUT2D eigenvalue weighted by atomic mass is 32.1. The Balaban J connectivity index is 0.728. The van der Waals surface area contributed by atoms with Crippen molar-refractivity contribution in [1.29, 1.82) is 0 Å². The summed E-state index contributed by atoms with van der Waals surface area (Å²) in [6.45, 7) is 3.90. The van der Waals surface area contributed by atoms with Crippen molar-refractivity contribution in [1.82, 2.24) is 49.5 Å². The Morgan fingerprint density at radius 1 is 0.952 bits per heavy atom. The van der Waals surface area contributed by atoms with Gasteiger partial charge in [0.2, 0.25) is 17.7 Å². The number of nitrogens with one attached hydrogen (secondary N) is 3. The Hall–Kier alpha value is -6.34. The third kappa shape index (κ3) is 8.22. The number of hydrogen-bond acceptors (Lipinski definition) is 12. The Morgan fingerprint density at radius 2 is 1.76 bits per heavy atom. The van der Waals surface area contributed by atoms with E-state index in [2.05, 4.69) is 53.3 Å². The van der Waals surface area contributed by atoms with E-state index in [1.807, 2.05) is 21.6 Å². The molecule has 3 fully saturated rings. The number of aromatic nitrogens is 6. The molecule has 3 saturated heterocycles. The SMILES string of the molecule is O=C1CCC(Nc2ccc(C3CCN(CC(=O)N4CCC(n5cc(-c6cc(F)c7c(c6)C(=O)N(C(C(=O)Nc6nccs6)c6ncn8c6CCC8)C7)nn5)CC4)CC3)cc2)C(=O)N1. The van der Waals surface area contributed by atoms with Gasteiger partial charge in [-0.1, -0.05) is 17.3 Å². The van der Waals surface area contributed by atoms with Gasteiger partial charge >= 0.3 is 0 Å². The van der Waals surface area contributed by atoms with Gasteiger partial charge in [0.15, 0.2) is 11.2 Å². The van der Waals surface area contributed by atoms with Gasteiger partial charge in [0.05, 0.1) is 37.3 Å². The molecule has 0 spiro atoms. The number of piperidine rings is 3. The highest BCUT2D eigenvalue weighted by Gasteiger charge is 2.42. The lowest BCUT2D eigenvalue weighted by atomic mass is 9.89. The summed E-state index contributed by atoms with van der Waals surface area (Å²) in [5.41, 5.74) is 4.70. The molecule has 5 aliphatic rings. The summed E-state index contributed by atoms with van der Waals surface area (Å²) < 4.78 is 19.7. The van der Waals surface area contributed by atoms with Gasteiger partial charge in [-0.15, -0.1) is 16.4 Å². The highest BCUT2D eigenvalue weighted by Crippen LogP contribution is 2.38. The Bertz CT molecular complexity index is 2560. The van der Waals surface area contributed by atoms with Crippen molar-refractivity contribution < 1.29 is 28.4 Å². The molecule has 326 valence electrons. The van der Waals surface area contributed by atoms with Gasteiger partial charge in [0, 0.05) is 65.7 Å². The van der Waals surface area contributed by atoms with E-state index in [1.165, 1.54) is 27.9 Å². The van der Waals surface area contributed by atoms with E-state index in [0.717, 1.165) is 56.7 Å². The number of thiazole rings is 1. The summed E-state index contributed by atoms with van der Waals surface area (Å²) in [7, 11) is 0. The van der Waals surface area contributed by atoms with Gasteiger partial charge < -0.3 is 19.7 Å². The van der Waals surface area contributed by atoms with Crippen LogP contribution in [0.1, 0.15) is 95.8 Å². The third-order valence-corrected chi connectivity index (χ3v) is 13.9. The van der Waals surface area contributed by atoms with Gasteiger partial charge in [-0.25, -0.2) is 19.0 Å². The van der Waals surface area contributed by atoms with Gasteiger partial charge in [-0.05, 0) is 93.8 Å². The second kappa shape index (κ2) is 17.1. The average molecular weight is 875 g/mol. The lowest BCUT2D eigenvalue weighted by Crippen LogP contribution is -2.47. The minimum absolute atomic E-state index is 0.00167. The molecule has 10 rings (SSSR count). The molecule has 63 heavy (non-hydrogen) atoms. The molecule has 19 heteroatoms. The summed E-state index contributed by atoms with van der Waals surface area (Å²) in [5.74, 6) is -1.50. The summed E-state index contributed by atoms with van der Waals surface area (Å²) in [5, 5.41) is 19.4. The Labute approximate surface area is 366 Å². The predicted molar refractivity (Wildman–Crippen MR) is 229 cm³/mol. The normalized spacial score (nSPS) is 20.1. The van der Waals surface area contributed by atoms with E-state index in [4.69, 9.17) is 0 Å². The topological polar surface area (TPSA) is 193 Å². The van der Waals surface area contributed by atoms with Crippen LogP contribution in [0.25, 0.3) is 11.3 Å². The third-order valence-electron chi connectivity index (χ3n) is 13.2. The van der Waals surface area contributed by atoms with Gasteiger partial charge in [0.25, 0.3) is 11.8 Å². The maximum absolute atomic E-state index is 15.9. The van der Waals surface area contributed by atoms with Crippen LogP contribution in [0, 0.1) is 5.82 Å². The second-order valence-electron chi connectivity index (χ2n) is 17.0. The van der Waals surface area contributed by atoms with Crippen molar-refractivity contribution in [3.8, 4) is 11.3 Å². The second-order valence-corrected chi connectivity index (χ2v) is 17.9. The number of likely N-dealkylation sites (tertiary alicyclic amines) is 2. The van der Waals surface area contributed by atoms with E-state index in [1.54, 1.807) is 34.8 Å². The van der Waals surface area contributed by atoms with Crippen molar-refractivity contribution in [2.24, 2.45) is 0 Å². The Kier molecular flexibility index (Phi) is 11.0. The van der Waals surface area contributed by atoms with E-state index in [-0.39, 0.29) is 41.4 Å². The van der Waals surface area contributed by atoms with Crippen LogP contribution in [-0.4, -0.2) is 113 Å². The maximum atomic E-state index is 15.9. The molecule has 2 atom stereocenters. The van der Waals surface area contributed by atoms with Crippen LogP contribution in [0.2, 0.25) is 0 Å². The minimum atomic E-state index is -1.08. The lowest BCUT2D eigenvalue weighted by Gasteiger charge is -2.36. The van der Waals surface area contributed by atoms with Crippen LogP contribution in [0.4, 0.5) is 15.2 Å². The van der Waals surface area contributed by atoms with E-state index in [9.17, 15) is 24.0 Å². The van der Waals surface area contributed by atoms with Crippen molar-refractivity contribution in [2.45, 2.75) is 88.5 Å². The fourth-order valence-corrected chi connectivity index (χ4v) is 10.2. The largest absolute Gasteiger partial charge is 0.374 e. The quantitative estimate of drug-likeness (QED) is 0.161. The van der Waals surface area contributed by atoms with Gasteiger partial charge in [-0.2, -0.15) is 0 Å².